The Morgan fingerprint density at radius 3 is 2.00 bits per heavy atom. The number of aliphatic hydroxyl groups is 1. The van der Waals surface area contributed by atoms with E-state index < -0.39 is 6.10 Å². The van der Waals surface area contributed by atoms with Crippen LogP contribution < -0.4 is 0 Å². The summed E-state index contributed by atoms with van der Waals surface area (Å²) in [6, 6.07) is 12.3. The van der Waals surface area contributed by atoms with Crippen molar-refractivity contribution in [3.8, 4) is 0 Å². The molecule has 2 rings (SSSR count). The Morgan fingerprint density at radius 1 is 1.00 bits per heavy atom. The minimum atomic E-state index is -0.559. The Balaban J connectivity index is 2.35. The van der Waals surface area contributed by atoms with Crippen LogP contribution in [0.3, 0.4) is 0 Å². The Hall–Kier alpha value is -1.12. The first-order valence-corrected chi connectivity index (χ1v) is 7.35. The Kier molecular flexibility index (Phi) is 4.43. The highest BCUT2D eigenvalue weighted by atomic mass is 79.9. The zero-order chi connectivity index (χ0) is 14.0. The highest BCUT2D eigenvalue weighted by Crippen LogP contribution is 2.28. The second-order valence-electron chi connectivity index (χ2n) is 4.97. The number of halogens is 1. The second-order valence-corrected chi connectivity index (χ2v) is 5.76. The van der Waals surface area contributed by atoms with Crippen LogP contribution in [-0.2, 0) is 6.42 Å². The van der Waals surface area contributed by atoms with Crippen LogP contribution in [0.25, 0.3) is 0 Å². The third kappa shape index (κ3) is 3.07. The minimum Gasteiger partial charge on any atom is -0.384 e. The van der Waals surface area contributed by atoms with Gasteiger partial charge in [-0.3, -0.25) is 0 Å². The number of benzene rings is 2. The van der Waals surface area contributed by atoms with Crippen LogP contribution in [0.5, 0.6) is 0 Å². The van der Waals surface area contributed by atoms with Gasteiger partial charge in [0.25, 0.3) is 0 Å². The van der Waals surface area contributed by atoms with Gasteiger partial charge in [-0.05, 0) is 48.1 Å². The third-order valence-electron chi connectivity index (χ3n) is 3.48. The quantitative estimate of drug-likeness (QED) is 0.868. The smallest absolute Gasteiger partial charge is 0.104 e. The summed E-state index contributed by atoms with van der Waals surface area (Å²) in [6.45, 7) is 6.23. The molecule has 1 N–H and O–H groups in total. The van der Waals surface area contributed by atoms with Crippen molar-refractivity contribution < 1.29 is 5.11 Å². The van der Waals surface area contributed by atoms with Crippen molar-refractivity contribution in [3.63, 3.8) is 0 Å². The van der Waals surface area contributed by atoms with Crippen LogP contribution in [0.2, 0.25) is 0 Å². The molecule has 0 aromatic heterocycles. The maximum Gasteiger partial charge on any atom is 0.104 e. The van der Waals surface area contributed by atoms with Crippen molar-refractivity contribution in [2.75, 3.05) is 0 Å². The first-order valence-electron chi connectivity index (χ1n) is 6.56. The predicted molar refractivity (Wildman–Crippen MR) is 83.5 cm³/mol. The summed E-state index contributed by atoms with van der Waals surface area (Å²) in [5.41, 5.74) is 5.48. The topological polar surface area (TPSA) is 20.2 Å². The summed E-state index contributed by atoms with van der Waals surface area (Å²) in [4.78, 5) is 0. The van der Waals surface area contributed by atoms with Gasteiger partial charge in [0.05, 0.1) is 0 Å². The number of aliphatic hydroxyl groups excluding tert-OH is 1. The van der Waals surface area contributed by atoms with Crippen LogP contribution in [0, 0.1) is 13.8 Å². The number of rotatable bonds is 3. The lowest BCUT2D eigenvalue weighted by Crippen LogP contribution is -2.01. The van der Waals surface area contributed by atoms with Crippen LogP contribution in [0.15, 0.2) is 40.9 Å². The monoisotopic (exact) mass is 318 g/mol. The highest BCUT2D eigenvalue weighted by Gasteiger charge is 2.12. The van der Waals surface area contributed by atoms with Crippen LogP contribution in [0.4, 0.5) is 0 Å². The normalized spacial score (nSPS) is 12.5. The molecule has 0 aliphatic heterocycles. The molecule has 1 unspecified atom stereocenters. The Bertz CT molecular complexity index is 549. The van der Waals surface area contributed by atoms with E-state index in [1.54, 1.807) is 0 Å². The van der Waals surface area contributed by atoms with Gasteiger partial charge >= 0.3 is 0 Å². The van der Waals surface area contributed by atoms with E-state index >= 15 is 0 Å². The van der Waals surface area contributed by atoms with Crippen molar-refractivity contribution in [2.24, 2.45) is 0 Å². The zero-order valence-electron chi connectivity index (χ0n) is 11.6. The van der Waals surface area contributed by atoms with Gasteiger partial charge in [0.2, 0.25) is 0 Å². The Labute approximate surface area is 123 Å². The molecule has 0 fully saturated rings. The van der Waals surface area contributed by atoms with E-state index in [0.717, 1.165) is 33.1 Å². The van der Waals surface area contributed by atoms with Crippen molar-refractivity contribution >= 4 is 15.9 Å². The highest BCUT2D eigenvalue weighted by molar-refractivity contribution is 9.10. The molecule has 0 spiro atoms. The summed E-state index contributed by atoms with van der Waals surface area (Å²) in [6.07, 6.45) is 0.462. The number of hydrogen-bond acceptors (Lipinski definition) is 1. The molecule has 2 heteroatoms. The Morgan fingerprint density at radius 2 is 1.53 bits per heavy atom. The van der Waals surface area contributed by atoms with Gasteiger partial charge in [0, 0.05) is 4.47 Å². The molecule has 1 nitrogen and oxygen atoms in total. The first-order chi connectivity index (χ1) is 9.02. The molecule has 0 heterocycles. The van der Waals surface area contributed by atoms with Gasteiger partial charge in [-0.2, -0.15) is 0 Å². The lowest BCUT2D eigenvalue weighted by Gasteiger charge is -2.15. The van der Waals surface area contributed by atoms with Gasteiger partial charge in [0.1, 0.15) is 6.10 Å². The van der Waals surface area contributed by atoms with Crippen molar-refractivity contribution in [3.05, 3.63) is 68.7 Å². The average molecular weight is 319 g/mol. The standard InChI is InChI=1S/C17H19BrO/c1-4-13-5-7-14(8-6-13)17(19)15-9-11(2)16(18)12(3)10-15/h5-10,17,19H,4H2,1-3H3. The van der Waals surface area contributed by atoms with Gasteiger partial charge in [-0.1, -0.05) is 59.3 Å². The van der Waals surface area contributed by atoms with E-state index in [1.807, 2.05) is 38.1 Å². The van der Waals surface area contributed by atoms with E-state index in [1.165, 1.54) is 5.56 Å². The molecule has 0 aliphatic carbocycles. The molecule has 0 amide bonds. The fraction of sp³-hybridized carbons (Fsp3) is 0.294. The lowest BCUT2D eigenvalue weighted by molar-refractivity contribution is 0.220. The molecule has 19 heavy (non-hydrogen) atoms. The molecule has 0 saturated carbocycles. The van der Waals surface area contributed by atoms with Gasteiger partial charge < -0.3 is 5.11 Å². The largest absolute Gasteiger partial charge is 0.384 e. The van der Waals surface area contributed by atoms with Crippen molar-refractivity contribution in [1.82, 2.24) is 0 Å². The minimum absolute atomic E-state index is 0.559. The van der Waals surface area contributed by atoms with E-state index in [0.29, 0.717) is 0 Å². The first kappa shape index (κ1) is 14.3. The van der Waals surface area contributed by atoms with Gasteiger partial charge in [-0.25, -0.2) is 0 Å². The zero-order valence-corrected chi connectivity index (χ0v) is 13.2. The SMILES string of the molecule is CCc1ccc(C(O)c2cc(C)c(Br)c(C)c2)cc1. The molecule has 0 bridgehead atoms. The molecule has 0 saturated heterocycles. The van der Waals surface area contributed by atoms with Crippen molar-refractivity contribution in [2.45, 2.75) is 33.3 Å². The second kappa shape index (κ2) is 5.89. The third-order valence-corrected chi connectivity index (χ3v) is 4.73. The maximum absolute atomic E-state index is 10.5. The summed E-state index contributed by atoms with van der Waals surface area (Å²) in [5.74, 6) is 0. The lowest BCUT2D eigenvalue weighted by atomic mass is 9.97. The summed E-state index contributed by atoms with van der Waals surface area (Å²) >= 11 is 3.56. The maximum atomic E-state index is 10.5. The van der Waals surface area contributed by atoms with E-state index in [4.69, 9.17) is 0 Å². The van der Waals surface area contributed by atoms with Crippen LogP contribution in [0.1, 0.15) is 40.8 Å². The molecule has 2 aromatic carbocycles. The van der Waals surface area contributed by atoms with Crippen LogP contribution in [-0.4, -0.2) is 5.11 Å². The van der Waals surface area contributed by atoms with E-state index in [-0.39, 0.29) is 0 Å². The molecule has 0 radical (unpaired) electrons. The van der Waals surface area contributed by atoms with Gasteiger partial charge in [-0.15, -0.1) is 0 Å². The number of aryl methyl sites for hydroxylation is 3. The van der Waals surface area contributed by atoms with Gasteiger partial charge in [0.15, 0.2) is 0 Å². The summed E-state index contributed by atoms with van der Waals surface area (Å²) < 4.78 is 1.12. The molecule has 2 aromatic rings. The van der Waals surface area contributed by atoms with E-state index in [2.05, 4.69) is 35.0 Å². The molecule has 100 valence electrons. The number of hydrogen-bond donors (Lipinski definition) is 1. The fourth-order valence-corrected chi connectivity index (χ4v) is 2.49. The molecular weight excluding hydrogens is 300 g/mol. The fourth-order valence-electron chi connectivity index (χ4n) is 2.27. The average Bonchev–Trinajstić information content (AvgIpc) is 2.43. The predicted octanol–water partition coefficient (Wildman–Crippen LogP) is 4.71. The molecule has 1 atom stereocenters. The molecule has 0 aliphatic rings. The summed E-state index contributed by atoms with van der Waals surface area (Å²) in [5, 5.41) is 10.5. The van der Waals surface area contributed by atoms with Crippen LogP contribution >= 0.6 is 15.9 Å². The summed E-state index contributed by atoms with van der Waals surface area (Å²) in [7, 11) is 0. The molecular formula is C17H19BrO. The van der Waals surface area contributed by atoms with Crippen molar-refractivity contribution in [1.29, 1.82) is 0 Å². The van der Waals surface area contributed by atoms with E-state index in [9.17, 15) is 5.11 Å².